The summed E-state index contributed by atoms with van der Waals surface area (Å²) in [7, 11) is 0. The van der Waals surface area contributed by atoms with E-state index in [-0.39, 0.29) is 43.5 Å². The highest BCUT2D eigenvalue weighted by molar-refractivity contribution is 7.09. The van der Waals surface area contributed by atoms with Crippen LogP contribution in [0.3, 0.4) is 0 Å². The number of likely N-dealkylation sites (tertiary alicyclic amines) is 1. The van der Waals surface area contributed by atoms with E-state index in [1.165, 1.54) is 4.90 Å². The molecule has 2 aliphatic heterocycles. The van der Waals surface area contributed by atoms with Crippen LogP contribution < -0.4 is 14.4 Å². The number of hydrogen-bond donors (Lipinski definition) is 0. The van der Waals surface area contributed by atoms with Crippen LogP contribution in [0.1, 0.15) is 30.6 Å². The molecule has 1 aromatic carbocycles. The lowest BCUT2D eigenvalue weighted by molar-refractivity contribution is -0.138. The molecule has 0 spiro atoms. The van der Waals surface area contributed by atoms with Gasteiger partial charge < -0.3 is 14.4 Å². The monoisotopic (exact) mass is 414 g/mol. The normalized spacial score (nSPS) is 15.7. The summed E-state index contributed by atoms with van der Waals surface area (Å²) in [5.41, 5.74) is 0.737. The van der Waals surface area contributed by atoms with Crippen molar-refractivity contribution in [3.8, 4) is 11.5 Å². The zero-order chi connectivity index (χ0) is 20.2. The molecule has 1 fully saturated rings. The van der Waals surface area contributed by atoms with E-state index in [1.807, 2.05) is 35.7 Å². The summed E-state index contributed by atoms with van der Waals surface area (Å²) in [6.45, 7) is 1.74. The number of thiophene rings is 1. The van der Waals surface area contributed by atoms with Gasteiger partial charge in [0, 0.05) is 42.4 Å². The number of rotatable bonds is 7. The van der Waals surface area contributed by atoms with Crippen molar-refractivity contribution >= 4 is 34.7 Å². The van der Waals surface area contributed by atoms with E-state index in [1.54, 1.807) is 16.2 Å². The topological polar surface area (TPSA) is 76.2 Å². The molecule has 0 radical (unpaired) electrons. The number of carbonyl (C=O) groups is 3. The minimum atomic E-state index is -0.148. The highest BCUT2D eigenvalue weighted by Gasteiger charge is 2.28. The molecule has 0 N–H and O–H groups in total. The summed E-state index contributed by atoms with van der Waals surface area (Å²) >= 11 is 1.59. The first kappa shape index (κ1) is 19.4. The molecule has 2 aromatic rings. The number of nitrogens with zero attached hydrogens (tertiary/aromatic N) is 2. The third kappa shape index (κ3) is 4.42. The molecular formula is C21H22N2O5S. The Labute approximate surface area is 172 Å². The van der Waals surface area contributed by atoms with Gasteiger partial charge in [0.2, 0.25) is 17.7 Å². The van der Waals surface area contributed by atoms with Crippen molar-refractivity contribution < 1.29 is 23.9 Å². The lowest BCUT2D eigenvalue weighted by Gasteiger charge is -2.25. The molecule has 3 amide bonds. The van der Waals surface area contributed by atoms with Crippen molar-refractivity contribution in [2.45, 2.75) is 32.2 Å². The van der Waals surface area contributed by atoms with Crippen LogP contribution in [0.2, 0.25) is 0 Å². The quantitative estimate of drug-likeness (QED) is 0.651. The first-order chi connectivity index (χ1) is 14.1. The molecular weight excluding hydrogens is 392 g/mol. The van der Waals surface area contributed by atoms with Gasteiger partial charge in [-0.3, -0.25) is 19.3 Å². The maximum absolute atomic E-state index is 13.0. The van der Waals surface area contributed by atoms with Crippen LogP contribution in [0.15, 0.2) is 35.7 Å². The van der Waals surface area contributed by atoms with Gasteiger partial charge in [0.1, 0.15) is 13.2 Å². The van der Waals surface area contributed by atoms with Crippen LogP contribution in [0, 0.1) is 0 Å². The Morgan fingerprint density at radius 2 is 1.83 bits per heavy atom. The zero-order valence-corrected chi connectivity index (χ0v) is 16.8. The Hall–Kier alpha value is -2.87. The number of carbonyl (C=O) groups excluding carboxylic acids is 3. The summed E-state index contributed by atoms with van der Waals surface area (Å²) in [5.74, 6) is 0.948. The number of benzene rings is 1. The Kier molecular flexibility index (Phi) is 5.80. The van der Waals surface area contributed by atoms with Gasteiger partial charge in [-0.2, -0.15) is 0 Å². The van der Waals surface area contributed by atoms with Crippen LogP contribution >= 0.6 is 11.3 Å². The van der Waals surface area contributed by atoms with E-state index < -0.39 is 0 Å². The summed E-state index contributed by atoms with van der Waals surface area (Å²) < 4.78 is 11.2. The van der Waals surface area contributed by atoms with Crippen LogP contribution in [-0.4, -0.2) is 42.4 Å². The summed E-state index contributed by atoms with van der Waals surface area (Å²) in [6.07, 6.45) is 1.24. The smallest absolute Gasteiger partial charge is 0.229 e. The van der Waals surface area contributed by atoms with Gasteiger partial charge in [0.25, 0.3) is 0 Å². The van der Waals surface area contributed by atoms with Crippen LogP contribution in [0.25, 0.3) is 0 Å². The van der Waals surface area contributed by atoms with Crippen molar-refractivity contribution in [1.82, 2.24) is 4.90 Å². The maximum Gasteiger partial charge on any atom is 0.229 e. The summed E-state index contributed by atoms with van der Waals surface area (Å²) in [5, 5.41) is 1.98. The zero-order valence-electron chi connectivity index (χ0n) is 16.0. The highest BCUT2D eigenvalue weighted by Crippen LogP contribution is 2.35. The van der Waals surface area contributed by atoms with Crippen LogP contribution in [0.4, 0.5) is 5.69 Å². The largest absolute Gasteiger partial charge is 0.486 e. The van der Waals surface area contributed by atoms with E-state index in [4.69, 9.17) is 9.47 Å². The standard InChI is InChI=1S/C21H22N2O5S/c24-19(4-1-9-22-20(25)7-8-21(22)26)23(14-16-3-2-12-29-16)15-5-6-17-18(13-15)28-11-10-27-17/h2-3,5-6,12-13H,1,4,7-11,14H2. The van der Waals surface area contributed by atoms with Crippen molar-refractivity contribution in [1.29, 1.82) is 0 Å². The third-order valence-electron chi connectivity index (χ3n) is 4.96. The molecule has 4 rings (SSSR count). The first-order valence-electron chi connectivity index (χ1n) is 9.67. The SMILES string of the molecule is O=C1CCC(=O)N1CCCC(=O)N(Cc1cccs1)c1ccc2c(c1)OCCO2. The second-order valence-electron chi connectivity index (χ2n) is 6.93. The number of imide groups is 1. The number of amides is 3. The fraction of sp³-hybridized carbons (Fsp3) is 0.381. The van der Waals surface area contributed by atoms with Crippen molar-refractivity contribution in [3.05, 3.63) is 40.6 Å². The van der Waals surface area contributed by atoms with E-state index >= 15 is 0 Å². The molecule has 2 aliphatic rings. The molecule has 0 atom stereocenters. The number of hydrogen-bond acceptors (Lipinski definition) is 6. The van der Waals surface area contributed by atoms with E-state index in [0.29, 0.717) is 37.7 Å². The number of fused-ring (bicyclic) bond motifs is 1. The number of ether oxygens (including phenoxy) is 2. The van der Waals surface area contributed by atoms with Gasteiger partial charge in [-0.15, -0.1) is 11.3 Å². The van der Waals surface area contributed by atoms with Gasteiger partial charge in [-0.1, -0.05) is 6.07 Å². The molecule has 0 saturated carbocycles. The highest BCUT2D eigenvalue weighted by atomic mass is 32.1. The Bertz CT molecular complexity index is 896. The molecule has 0 aliphatic carbocycles. The second-order valence-corrected chi connectivity index (χ2v) is 7.96. The van der Waals surface area contributed by atoms with Gasteiger partial charge in [-0.25, -0.2) is 0 Å². The summed E-state index contributed by atoms with van der Waals surface area (Å²) in [6, 6.07) is 9.45. The second kappa shape index (κ2) is 8.65. The lowest BCUT2D eigenvalue weighted by atomic mass is 10.2. The maximum atomic E-state index is 13.0. The fourth-order valence-corrected chi connectivity index (χ4v) is 4.17. The third-order valence-corrected chi connectivity index (χ3v) is 5.82. The van der Waals surface area contributed by atoms with Gasteiger partial charge in [-0.05, 0) is 30.0 Å². The van der Waals surface area contributed by atoms with Gasteiger partial charge in [0.15, 0.2) is 11.5 Å². The Balaban J connectivity index is 1.47. The average Bonchev–Trinajstić information content (AvgIpc) is 3.36. The number of anilines is 1. The molecule has 7 nitrogen and oxygen atoms in total. The predicted octanol–water partition coefficient (Wildman–Crippen LogP) is 2.98. The van der Waals surface area contributed by atoms with E-state index in [9.17, 15) is 14.4 Å². The van der Waals surface area contributed by atoms with Crippen LogP contribution in [-0.2, 0) is 20.9 Å². The van der Waals surface area contributed by atoms with Crippen molar-refractivity contribution in [2.75, 3.05) is 24.7 Å². The molecule has 0 unspecified atom stereocenters. The molecule has 1 saturated heterocycles. The van der Waals surface area contributed by atoms with Crippen molar-refractivity contribution in [3.63, 3.8) is 0 Å². The van der Waals surface area contributed by atoms with Gasteiger partial charge in [0.05, 0.1) is 6.54 Å². The summed E-state index contributed by atoms with van der Waals surface area (Å²) in [4.78, 5) is 40.6. The molecule has 3 heterocycles. The minimum Gasteiger partial charge on any atom is -0.486 e. The van der Waals surface area contributed by atoms with Crippen LogP contribution in [0.5, 0.6) is 11.5 Å². The lowest BCUT2D eigenvalue weighted by Crippen LogP contribution is -2.33. The van der Waals surface area contributed by atoms with E-state index in [0.717, 1.165) is 10.6 Å². The first-order valence-corrected chi connectivity index (χ1v) is 10.6. The Morgan fingerprint density at radius 3 is 2.55 bits per heavy atom. The minimum absolute atomic E-state index is 0.0610. The average molecular weight is 414 g/mol. The molecule has 152 valence electrons. The Morgan fingerprint density at radius 1 is 1.07 bits per heavy atom. The molecule has 29 heavy (non-hydrogen) atoms. The molecule has 0 bridgehead atoms. The predicted molar refractivity (Wildman–Crippen MR) is 108 cm³/mol. The van der Waals surface area contributed by atoms with Gasteiger partial charge >= 0.3 is 0 Å². The molecule has 1 aromatic heterocycles. The van der Waals surface area contributed by atoms with E-state index in [2.05, 4.69) is 0 Å². The van der Waals surface area contributed by atoms with Crippen molar-refractivity contribution in [2.24, 2.45) is 0 Å². The molecule has 8 heteroatoms. The fourth-order valence-electron chi connectivity index (χ4n) is 3.48.